The molecule has 3 rings (SSSR count). The van der Waals surface area contributed by atoms with Gasteiger partial charge in [0.25, 0.3) is 0 Å². The van der Waals surface area contributed by atoms with Gasteiger partial charge in [-0.3, -0.25) is 9.48 Å². The van der Waals surface area contributed by atoms with Crippen molar-refractivity contribution >= 4 is 45.2 Å². The fraction of sp³-hybridized carbons (Fsp3) is 0.0667. The highest BCUT2D eigenvalue weighted by atomic mass is 79.9. The molecule has 0 amide bonds. The third-order valence-corrected chi connectivity index (χ3v) is 4.88. The van der Waals surface area contributed by atoms with E-state index >= 15 is 0 Å². The average molecular weight is 382 g/mol. The van der Waals surface area contributed by atoms with Crippen LogP contribution in [-0.4, -0.2) is 16.1 Å². The maximum atomic E-state index is 11.2. The van der Waals surface area contributed by atoms with Crippen LogP contribution in [0.1, 0.15) is 15.9 Å². The van der Waals surface area contributed by atoms with Crippen molar-refractivity contribution in [2.45, 2.75) is 6.54 Å². The second-order valence-corrected chi connectivity index (χ2v) is 6.77. The van der Waals surface area contributed by atoms with Crippen LogP contribution in [-0.2, 0) is 6.54 Å². The quantitative estimate of drug-likeness (QED) is 0.603. The molecule has 0 N–H and O–H groups in total. The molecule has 0 aliphatic heterocycles. The Kier molecular flexibility index (Phi) is 4.24. The van der Waals surface area contributed by atoms with Gasteiger partial charge >= 0.3 is 0 Å². The lowest BCUT2D eigenvalue weighted by molar-refractivity contribution is 0.112. The van der Waals surface area contributed by atoms with Gasteiger partial charge in [-0.15, -0.1) is 11.3 Å². The van der Waals surface area contributed by atoms with Gasteiger partial charge in [-0.25, -0.2) is 0 Å². The van der Waals surface area contributed by atoms with E-state index in [1.807, 2.05) is 35.7 Å². The van der Waals surface area contributed by atoms with E-state index in [9.17, 15) is 4.79 Å². The van der Waals surface area contributed by atoms with Gasteiger partial charge in [0, 0.05) is 21.1 Å². The largest absolute Gasteiger partial charge is 0.298 e. The Morgan fingerprint density at radius 2 is 2.24 bits per heavy atom. The Balaban J connectivity index is 1.94. The SMILES string of the molecule is O=Cc1cn(Cc2cccc(Cl)c2)nc1-c1cc(Br)cs1. The standard InChI is InChI=1S/C15H10BrClN2OS/c16-12-5-14(21-9-12)15-11(8-20)7-19(18-15)6-10-2-1-3-13(17)4-10/h1-5,7-9H,6H2. The molecule has 3 aromatic rings. The molecule has 3 nitrogen and oxygen atoms in total. The van der Waals surface area contributed by atoms with E-state index in [4.69, 9.17) is 11.6 Å². The van der Waals surface area contributed by atoms with Gasteiger partial charge in [0.15, 0.2) is 6.29 Å². The summed E-state index contributed by atoms with van der Waals surface area (Å²) < 4.78 is 2.75. The molecular weight excluding hydrogens is 372 g/mol. The van der Waals surface area contributed by atoms with Crippen molar-refractivity contribution < 1.29 is 4.79 Å². The number of aldehydes is 1. The molecule has 21 heavy (non-hydrogen) atoms. The van der Waals surface area contributed by atoms with Crippen LogP contribution in [0.4, 0.5) is 0 Å². The van der Waals surface area contributed by atoms with E-state index in [1.165, 1.54) is 0 Å². The predicted molar refractivity (Wildman–Crippen MR) is 89.2 cm³/mol. The van der Waals surface area contributed by atoms with E-state index in [1.54, 1.807) is 22.2 Å². The maximum absolute atomic E-state index is 11.2. The second kappa shape index (κ2) is 6.13. The van der Waals surface area contributed by atoms with Crippen molar-refractivity contribution in [1.82, 2.24) is 9.78 Å². The number of hydrogen-bond acceptors (Lipinski definition) is 3. The lowest BCUT2D eigenvalue weighted by Gasteiger charge is -2.02. The number of nitrogens with zero attached hydrogens (tertiary/aromatic N) is 2. The predicted octanol–water partition coefficient (Wildman–Crippen LogP) is 4.89. The summed E-state index contributed by atoms with van der Waals surface area (Å²) in [6.07, 6.45) is 2.60. The van der Waals surface area contributed by atoms with Crippen LogP contribution in [0.2, 0.25) is 5.02 Å². The van der Waals surface area contributed by atoms with Gasteiger partial charge in [-0.05, 0) is 39.7 Å². The summed E-state index contributed by atoms with van der Waals surface area (Å²) in [7, 11) is 0. The van der Waals surface area contributed by atoms with Crippen molar-refractivity contribution in [3.05, 3.63) is 62.5 Å². The molecule has 0 bridgehead atoms. The van der Waals surface area contributed by atoms with E-state index in [0.717, 1.165) is 21.2 Å². The zero-order valence-corrected chi connectivity index (χ0v) is 14.0. The average Bonchev–Trinajstić information content (AvgIpc) is 3.05. The topological polar surface area (TPSA) is 34.9 Å². The lowest BCUT2D eigenvalue weighted by atomic mass is 10.2. The van der Waals surface area contributed by atoms with Crippen molar-refractivity contribution in [2.75, 3.05) is 0 Å². The molecular formula is C15H10BrClN2OS. The molecule has 6 heteroatoms. The molecule has 0 fully saturated rings. The number of halogens is 2. The zero-order valence-electron chi connectivity index (χ0n) is 10.8. The van der Waals surface area contributed by atoms with E-state index in [0.29, 0.717) is 22.8 Å². The molecule has 2 aromatic heterocycles. The van der Waals surface area contributed by atoms with Gasteiger partial charge in [-0.2, -0.15) is 5.10 Å². The minimum absolute atomic E-state index is 0.577. The van der Waals surface area contributed by atoms with Gasteiger partial charge in [-0.1, -0.05) is 23.7 Å². The smallest absolute Gasteiger partial charge is 0.153 e. The molecule has 1 aromatic carbocycles. The van der Waals surface area contributed by atoms with E-state index in [-0.39, 0.29) is 0 Å². The first-order valence-electron chi connectivity index (χ1n) is 6.17. The minimum Gasteiger partial charge on any atom is -0.298 e. The van der Waals surface area contributed by atoms with Gasteiger partial charge in [0.2, 0.25) is 0 Å². The molecule has 0 aliphatic rings. The van der Waals surface area contributed by atoms with Crippen molar-refractivity contribution in [3.8, 4) is 10.6 Å². The third kappa shape index (κ3) is 3.26. The van der Waals surface area contributed by atoms with E-state index in [2.05, 4.69) is 21.0 Å². The number of rotatable bonds is 4. The first-order valence-corrected chi connectivity index (χ1v) is 8.22. The Morgan fingerprint density at radius 1 is 1.38 bits per heavy atom. The number of thiophene rings is 1. The van der Waals surface area contributed by atoms with Crippen LogP contribution >= 0.6 is 38.9 Å². The maximum Gasteiger partial charge on any atom is 0.153 e. The number of benzene rings is 1. The van der Waals surface area contributed by atoms with Crippen LogP contribution in [0.5, 0.6) is 0 Å². The highest BCUT2D eigenvalue weighted by molar-refractivity contribution is 9.10. The zero-order chi connectivity index (χ0) is 14.8. The molecule has 0 spiro atoms. The Bertz CT molecular complexity index is 797. The summed E-state index contributed by atoms with van der Waals surface area (Å²) in [5.74, 6) is 0. The van der Waals surface area contributed by atoms with Gasteiger partial charge in [0.1, 0.15) is 5.69 Å². The molecule has 2 heterocycles. The van der Waals surface area contributed by atoms with Crippen LogP contribution < -0.4 is 0 Å². The van der Waals surface area contributed by atoms with Crippen LogP contribution in [0.25, 0.3) is 10.6 Å². The normalized spacial score (nSPS) is 10.8. The second-order valence-electron chi connectivity index (χ2n) is 4.51. The van der Waals surface area contributed by atoms with Crippen LogP contribution in [0, 0.1) is 0 Å². The number of aromatic nitrogens is 2. The number of carbonyl (C=O) groups excluding carboxylic acids is 1. The van der Waals surface area contributed by atoms with Gasteiger partial charge in [0.05, 0.1) is 17.0 Å². The monoisotopic (exact) mass is 380 g/mol. The van der Waals surface area contributed by atoms with Crippen LogP contribution in [0.3, 0.4) is 0 Å². The van der Waals surface area contributed by atoms with Gasteiger partial charge < -0.3 is 0 Å². The summed E-state index contributed by atoms with van der Waals surface area (Å²) in [5.41, 5.74) is 2.34. The van der Waals surface area contributed by atoms with Crippen molar-refractivity contribution in [3.63, 3.8) is 0 Å². The molecule has 0 aliphatic carbocycles. The minimum atomic E-state index is 0.577. The summed E-state index contributed by atoms with van der Waals surface area (Å²) in [5, 5.41) is 7.19. The Morgan fingerprint density at radius 3 is 2.90 bits per heavy atom. The number of hydrogen-bond donors (Lipinski definition) is 0. The van der Waals surface area contributed by atoms with Crippen molar-refractivity contribution in [2.24, 2.45) is 0 Å². The fourth-order valence-corrected chi connectivity index (χ4v) is 3.70. The summed E-state index contributed by atoms with van der Waals surface area (Å²) in [4.78, 5) is 12.2. The van der Waals surface area contributed by atoms with Crippen LogP contribution in [0.15, 0.2) is 46.4 Å². The molecule has 106 valence electrons. The number of carbonyl (C=O) groups is 1. The molecule has 0 saturated heterocycles. The first-order chi connectivity index (χ1) is 10.2. The first kappa shape index (κ1) is 14.5. The molecule has 0 atom stereocenters. The Hall–Kier alpha value is -1.43. The Labute approximate surface area is 139 Å². The van der Waals surface area contributed by atoms with E-state index < -0.39 is 0 Å². The molecule has 0 unspecified atom stereocenters. The highest BCUT2D eigenvalue weighted by Gasteiger charge is 2.13. The third-order valence-electron chi connectivity index (χ3n) is 2.95. The van der Waals surface area contributed by atoms with Crippen molar-refractivity contribution in [1.29, 1.82) is 0 Å². The molecule has 0 saturated carbocycles. The summed E-state index contributed by atoms with van der Waals surface area (Å²) in [6.45, 7) is 0.577. The lowest BCUT2D eigenvalue weighted by Crippen LogP contribution is -2.00. The highest BCUT2D eigenvalue weighted by Crippen LogP contribution is 2.30. The molecule has 0 radical (unpaired) electrons. The fourth-order valence-electron chi connectivity index (χ4n) is 2.06. The summed E-state index contributed by atoms with van der Waals surface area (Å²) in [6, 6.07) is 9.57. The summed E-state index contributed by atoms with van der Waals surface area (Å²) >= 11 is 11.0.